The van der Waals surface area contributed by atoms with Crippen molar-refractivity contribution in [2.24, 2.45) is 5.92 Å². The molecule has 2 fully saturated rings. The van der Waals surface area contributed by atoms with Crippen molar-refractivity contribution in [3.63, 3.8) is 0 Å². The first-order chi connectivity index (χ1) is 12.1. The molecule has 1 saturated heterocycles. The molecule has 7 heteroatoms. The largest absolute Gasteiger partial charge is 0.381 e. The Kier molecular flexibility index (Phi) is 4.73. The minimum absolute atomic E-state index is 0.0312. The van der Waals surface area contributed by atoms with Gasteiger partial charge in [0, 0.05) is 51.0 Å². The van der Waals surface area contributed by atoms with Crippen molar-refractivity contribution in [2.75, 3.05) is 26.3 Å². The second kappa shape index (κ2) is 6.85. The first-order valence-electron chi connectivity index (χ1n) is 9.34. The lowest BCUT2D eigenvalue weighted by atomic mass is 9.99. The standard InChI is InChI=1S/C18H26N2O4S/c21-18-4-1-15-5-9-19(25(22,23)16-2-3-16)10-6-17(15)20(18)13-14-7-11-24-12-8-14/h1,4,14,16H,2-3,5-13H2. The maximum absolute atomic E-state index is 12.6. The molecule has 0 radical (unpaired) electrons. The number of nitrogens with zero attached hydrogens (tertiary/aromatic N) is 2. The lowest BCUT2D eigenvalue weighted by molar-refractivity contribution is 0.0607. The highest BCUT2D eigenvalue weighted by molar-refractivity contribution is 7.90. The van der Waals surface area contributed by atoms with Gasteiger partial charge in [-0.1, -0.05) is 6.07 Å². The van der Waals surface area contributed by atoms with Crippen molar-refractivity contribution in [2.45, 2.75) is 50.3 Å². The van der Waals surface area contributed by atoms with Crippen molar-refractivity contribution in [1.29, 1.82) is 0 Å². The summed E-state index contributed by atoms with van der Waals surface area (Å²) in [7, 11) is -3.15. The first-order valence-corrected chi connectivity index (χ1v) is 10.8. The van der Waals surface area contributed by atoms with Gasteiger partial charge in [0.15, 0.2) is 0 Å². The van der Waals surface area contributed by atoms with E-state index in [1.807, 2.05) is 10.6 Å². The second-order valence-corrected chi connectivity index (χ2v) is 9.67. The molecule has 0 atom stereocenters. The molecule has 1 aromatic heterocycles. The van der Waals surface area contributed by atoms with Crippen LogP contribution in [0, 0.1) is 5.92 Å². The highest BCUT2D eigenvalue weighted by Gasteiger charge is 2.40. The number of sulfonamides is 1. The minimum atomic E-state index is -3.15. The molecule has 0 aromatic carbocycles. The molecule has 0 unspecified atom stereocenters. The Balaban J connectivity index is 1.57. The molecule has 1 aliphatic carbocycles. The predicted molar refractivity (Wildman–Crippen MR) is 95.2 cm³/mol. The van der Waals surface area contributed by atoms with Gasteiger partial charge < -0.3 is 9.30 Å². The smallest absolute Gasteiger partial charge is 0.250 e. The fourth-order valence-electron chi connectivity index (χ4n) is 3.99. The van der Waals surface area contributed by atoms with Crippen LogP contribution in [0.5, 0.6) is 0 Å². The van der Waals surface area contributed by atoms with E-state index in [1.54, 1.807) is 10.4 Å². The van der Waals surface area contributed by atoms with E-state index in [-0.39, 0.29) is 10.8 Å². The number of rotatable bonds is 4. The van der Waals surface area contributed by atoms with Gasteiger partial charge in [-0.3, -0.25) is 4.79 Å². The summed E-state index contributed by atoms with van der Waals surface area (Å²) < 4.78 is 34.1. The van der Waals surface area contributed by atoms with Crippen LogP contribution in [-0.4, -0.2) is 48.8 Å². The van der Waals surface area contributed by atoms with Crippen LogP contribution in [-0.2, 0) is 34.1 Å². The van der Waals surface area contributed by atoms with Crippen molar-refractivity contribution in [3.8, 4) is 0 Å². The molecule has 6 nitrogen and oxygen atoms in total. The average molecular weight is 366 g/mol. The molecule has 2 aliphatic heterocycles. The van der Waals surface area contributed by atoms with E-state index in [4.69, 9.17) is 4.74 Å². The molecule has 25 heavy (non-hydrogen) atoms. The van der Waals surface area contributed by atoms with E-state index < -0.39 is 10.0 Å². The summed E-state index contributed by atoms with van der Waals surface area (Å²) in [4.78, 5) is 12.5. The summed E-state index contributed by atoms with van der Waals surface area (Å²) >= 11 is 0. The SMILES string of the molecule is O=c1ccc2c(n1CC1CCOCC1)CCN(S(=O)(=O)C1CC1)CC2. The molecule has 3 aliphatic rings. The average Bonchev–Trinajstić information content (AvgIpc) is 3.45. The van der Waals surface area contributed by atoms with Crippen molar-refractivity contribution in [3.05, 3.63) is 33.7 Å². The monoisotopic (exact) mass is 366 g/mol. The third-order valence-corrected chi connectivity index (χ3v) is 8.10. The van der Waals surface area contributed by atoms with Crippen LogP contribution < -0.4 is 5.56 Å². The van der Waals surface area contributed by atoms with Crippen molar-refractivity contribution in [1.82, 2.24) is 8.87 Å². The number of aromatic nitrogens is 1. The predicted octanol–water partition coefficient (Wildman–Crippen LogP) is 1.17. The van der Waals surface area contributed by atoms with E-state index in [1.165, 1.54) is 0 Å². The van der Waals surface area contributed by atoms with E-state index in [0.717, 1.165) is 56.7 Å². The molecule has 138 valence electrons. The van der Waals surface area contributed by atoms with E-state index in [9.17, 15) is 13.2 Å². The lowest BCUT2D eigenvalue weighted by Crippen LogP contribution is -2.36. The summed E-state index contributed by atoms with van der Waals surface area (Å²) in [5.74, 6) is 0.465. The summed E-state index contributed by atoms with van der Waals surface area (Å²) in [5, 5.41) is -0.168. The Morgan fingerprint density at radius 3 is 2.48 bits per heavy atom. The fraction of sp³-hybridized carbons (Fsp3) is 0.722. The first kappa shape index (κ1) is 17.2. The summed E-state index contributed by atoms with van der Waals surface area (Å²) in [6, 6.07) is 3.54. The van der Waals surface area contributed by atoms with Crippen LogP contribution in [0.2, 0.25) is 0 Å². The van der Waals surface area contributed by atoms with Gasteiger partial charge in [0.2, 0.25) is 10.0 Å². The van der Waals surface area contributed by atoms with Crippen LogP contribution in [0.4, 0.5) is 0 Å². The van der Waals surface area contributed by atoms with Gasteiger partial charge in [0.05, 0.1) is 5.25 Å². The lowest BCUT2D eigenvalue weighted by Gasteiger charge is -2.25. The number of ether oxygens (including phenoxy) is 1. The normalized spacial score (nSPS) is 23.2. The molecule has 0 N–H and O–H groups in total. The maximum atomic E-state index is 12.6. The Morgan fingerprint density at radius 2 is 1.76 bits per heavy atom. The van der Waals surface area contributed by atoms with Gasteiger partial charge in [0.1, 0.15) is 0 Å². The molecular weight excluding hydrogens is 340 g/mol. The summed E-state index contributed by atoms with van der Waals surface area (Å²) in [5.41, 5.74) is 2.19. The topological polar surface area (TPSA) is 68.6 Å². The van der Waals surface area contributed by atoms with E-state index >= 15 is 0 Å². The number of hydrogen-bond donors (Lipinski definition) is 0. The Labute approximate surface area is 148 Å². The van der Waals surface area contributed by atoms with Gasteiger partial charge in [-0.05, 0) is 43.6 Å². The number of hydrogen-bond acceptors (Lipinski definition) is 4. The van der Waals surface area contributed by atoms with Crippen molar-refractivity contribution >= 4 is 10.0 Å². The zero-order valence-electron chi connectivity index (χ0n) is 14.5. The highest BCUT2D eigenvalue weighted by Crippen LogP contribution is 2.32. The fourth-order valence-corrected chi connectivity index (χ4v) is 5.84. The minimum Gasteiger partial charge on any atom is -0.381 e. The van der Waals surface area contributed by atoms with Crippen LogP contribution in [0.3, 0.4) is 0 Å². The quantitative estimate of drug-likeness (QED) is 0.802. The Morgan fingerprint density at radius 1 is 1.04 bits per heavy atom. The van der Waals surface area contributed by atoms with Crippen LogP contribution in [0.1, 0.15) is 36.9 Å². The van der Waals surface area contributed by atoms with Gasteiger partial charge in [0.25, 0.3) is 5.56 Å². The van der Waals surface area contributed by atoms with Gasteiger partial charge in [-0.15, -0.1) is 0 Å². The van der Waals surface area contributed by atoms with Gasteiger partial charge in [-0.25, -0.2) is 12.7 Å². The molecule has 3 heterocycles. The van der Waals surface area contributed by atoms with Crippen molar-refractivity contribution < 1.29 is 13.2 Å². The Bertz CT molecular complexity index is 792. The van der Waals surface area contributed by atoms with E-state index in [2.05, 4.69) is 0 Å². The molecule has 0 amide bonds. The van der Waals surface area contributed by atoms with E-state index in [0.29, 0.717) is 31.8 Å². The zero-order chi connectivity index (χ0) is 17.4. The molecule has 1 saturated carbocycles. The molecule has 0 bridgehead atoms. The number of fused-ring (bicyclic) bond motifs is 1. The van der Waals surface area contributed by atoms with Gasteiger partial charge in [-0.2, -0.15) is 0 Å². The van der Waals surface area contributed by atoms with Crippen LogP contribution in [0.25, 0.3) is 0 Å². The number of pyridine rings is 1. The van der Waals surface area contributed by atoms with Crippen LogP contribution >= 0.6 is 0 Å². The maximum Gasteiger partial charge on any atom is 0.250 e. The highest BCUT2D eigenvalue weighted by atomic mass is 32.2. The summed E-state index contributed by atoms with van der Waals surface area (Å²) in [6.45, 7) is 3.27. The molecule has 0 spiro atoms. The second-order valence-electron chi connectivity index (χ2n) is 7.45. The molecule has 4 rings (SSSR count). The molecule has 1 aromatic rings. The Hall–Kier alpha value is -1.18. The third kappa shape index (κ3) is 3.55. The zero-order valence-corrected chi connectivity index (χ0v) is 15.3. The third-order valence-electron chi connectivity index (χ3n) is 5.71. The molecular formula is C18H26N2O4S. The summed E-state index contributed by atoms with van der Waals surface area (Å²) in [6.07, 6.45) is 4.87. The van der Waals surface area contributed by atoms with Gasteiger partial charge >= 0.3 is 0 Å². The van der Waals surface area contributed by atoms with Crippen LogP contribution in [0.15, 0.2) is 16.9 Å².